The molecule has 2 heterocycles. The van der Waals surface area contributed by atoms with Gasteiger partial charge in [0.1, 0.15) is 6.73 Å². The van der Waals surface area contributed by atoms with Gasteiger partial charge in [0.2, 0.25) is 0 Å². The van der Waals surface area contributed by atoms with Crippen LogP contribution in [0.15, 0.2) is 30.8 Å². The van der Waals surface area contributed by atoms with Crippen LogP contribution in [0.25, 0.3) is 28.4 Å². The first-order valence-electron chi connectivity index (χ1n) is 9.43. The summed E-state index contributed by atoms with van der Waals surface area (Å²) in [5.41, 5.74) is 3.46. The molecule has 6 nitrogen and oxygen atoms in total. The molecule has 3 aromatic rings. The summed E-state index contributed by atoms with van der Waals surface area (Å²) < 4.78 is 18.9. The molecule has 0 aliphatic carbocycles. The third-order valence-corrected chi connectivity index (χ3v) is 6.31. The maximum absolute atomic E-state index is 6.14. The molecule has 30 heavy (non-hydrogen) atoms. The number of rotatable bonds is 9. The maximum atomic E-state index is 6.14. The highest BCUT2D eigenvalue weighted by Crippen LogP contribution is 2.39. The lowest BCUT2D eigenvalue weighted by Gasteiger charge is -2.24. The summed E-state index contributed by atoms with van der Waals surface area (Å²) in [5.74, 6) is 2.34. The number of hydrogen-bond donors (Lipinski definition) is 0. The van der Waals surface area contributed by atoms with Crippen molar-refractivity contribution >= 4 is 38.7 Å². The summed E-state index contributed by atoms with van der Waals surface area (Å²) in [5, 5.41) is 9.59. The molecule has 0 unspecified atom stereocenters. The molecule has 8 heteroatoms. The average molecular weight is 450 g/mol. The van der Waals surface area contributed by atoms with Crippen molar-refractivity contribution in [1.29, 1.82) is 0 Å². The maximum Gasteiger partial charge on any atom is 0.165 e. The van der Waals surface area contributed by atoms with E-state index in [0.29, 0.717) is 35.6 Å². The first-order valence-corrected chi connectivity index (χ1v) is 12.8. The van der Waals surface area contributed by atoms with Crippen molar-refractivity contribution in [2.75, 3.05) is 45.3 Å². The number of halogens is 1. The Bertz CT molecular complexity index is 1060. The SMILES string of the molecule is C=Cc1c(-c2ccc(OC)c(OC)c2)n(COCCS(C)(C)C)c2nnc(Cl)cc12. The highest BCUT2D eigenvalue weighted by atomic mass is 35.5. The molecular weight excluding hydrogens is 422 g/mol. The fourth-order valence-corrected chi connectivity index (χ4v) is 3.99. The second kappa shape index (κ2) is 9.29. The monoisotopic (exact) mass is 449 g/mol. The Morgan fingerprint density at radius 1 is 1.10 bits per heavy atom. The number of benzene rings is 1. The Balaban J connectivity index is 2.12. The van der Waals surface area contributed by atoms with Crippen LogP contribution >= 0.6 is 21.6 Å². The van der Waals surface area contributed by atoms with Gasteiger partial charge in [-0.1, -0.05) is 24.3 Å². The number of hydrogen-bond acceptors (Lipinski definition) is 5. The minimum Gasteiger partial charge on any atom is -0.493 e. The van der Waals surface area contributed by atoms with Gasteiger partial charge in [0, 0.05) is 22.3 Å². The van der Waals surface area contributed by atoms with Crippen molar-refractivity contribution < 1.29 is 14.2 Å². The van der Waals surface area contributed by atoms with E-state index in [4.69, 9.17) is 25.8 Å². The topological polar surface area (TPSA) is 58.4 Å². The van der Waals surface area contributed by atoms with Gasteiger partial charge in [-0.3, -0.25) is 4.57 Å². The Morgan fingerprint density at radius 2 is 1.83 bits per heavy atom. The standard InChI is InChI=1S/C22H28ClN3O3S/c1-7-16-17-13-20(23)24-25-22(17)26(14-29-10-11-30(4,5)6)21(16)15-8-9-18(27-2)19(12-15)28-3/h7-9,12-13H,1,10-11,14H2,2-6H3. The van der Waals surface area contributed by atoms with Gasteiger partial charge in [0.25, 0.3) is 0 Å². The van der Waals surface area contributed by atoms with Gasteiger partial charge in [0.15, 0.2) is 22.3 Å². The zero-order valence-corrected chi connectivity index (χ0v) is 19.6. The molecule has 0 amide bonds. The normalized spacial score (nSPS) is 12.2. The van der Waals surface area contributed by atoms with Gasteiger partial charge in [-0.2, -0.15) is 0 Å². The molecule has 0 N–H and O–H groups in total. The van der Waals surface area contributed by atoms with Gasteiger partial charge in [0.05, 0.1) is 26.5 Å². The fraction of sp³-hybridized carbons (Fsp3) is 0.364. The van der Waals surface area contributed by atoms with Crippen molar-refractivity contribution in [1.82, 2.24) is 14.8 Å². The molecule has 1 aromatic carbocycles. The molecule has 0 bridgehead atoms. The molecule has 0 aliphatic rings. The van der Waals surface area contributed by atoms with E-state index >= 15 is 0 Å². The molecule has 162 valence electrons. The van der Waals surface area contributed by atoms with Crippen molar-refractivity contribution in [2.45, 2.75) is 6.73 Å². The van der Waals surface area contributed by atoms with E-state index in [1.807, 2.05) is 28.8 Å². The smallest absolute Gasteiger partial charge is 0.165 e. The van der Waals surface area contributed by atoms with Crippen LogP contribution in [-0.2, 0) is 11.5 Å². The Labute approximate surface area is 184 Å². The molecule has 0 saturated carbocycles. The van der Waals surface area contributed by atoms with E-state index < -0.39 is 10.0 Å². The lowest BCUT2D eigenvalue weighted by atomic mass is 10.1. The lowest BCUT2D eigenvalue weighted by Crippen LogP contribution is -2.11. The van der Waals surface area contributed by atoms with Crippen LogP contribution in [0.5, 0.6) is 11.5 Å². The average Bonchev–Trinajstić information content (AvgIpc) is 3.02. The van der Waals surface area contributed by atoms with Crippen LogP contribution in [0.2, 0.25) is 5.15 Å². The number of nitrogens with zero attached hydrogens (tertiary/aromatic N) is 3. The van der Waals surface area contributed by atoms with E-state index in [2.05, 4.69) is 35.5 Å². The minimum atomic E-state index is -0.631. The number of fused-ring (bicyclic) bond motifs is 1. The molecule has 0 fully saturated rings. The molecule has 0 atom stereocenters. The lowest BCUT2D eigenvalue weighted by molar-refractivity contribution is 0.0933. The van der Waals surface area contributed by atoms with Crippen LogP contribution in [0.4, 0.5) is 0 Å². The number of aromatic nitrogens is 3. The quantitative estimate of drug-likeness (QED) is 0.426. The highest BCUT2D eigenvalue weighted by Gasteiger charge is 2.20. The molecular formula is C22H28ClN3O3S. The summed E-state index contributed by atoms with van der Waals surface area (Å²) in [6.45, 7) is 5.04. The molecule has 0 radical (unpaired) electrons. The molecule has 2 aromatic heterocycles. The van der Waals surface area contributed by atoms with Crippen molar-refractivity contribution in [3.8, 4) is 22.8 Å². The number of ether oxygens (including phenoxy) is 3. The summed E-state index contributed by atoms with van der Waals surface area (Å²) in [6, 6.07) is 7.60. The van der Waals surface area contributed by atoms with E-state index in [1.54, 1.807) is 20.3 Å². The van der Waals surface area contributed by atoms with Crippen LogP contribution in [0, 0.1) is 0 Å². The van der Waals surface area contributed by atoms with E-state index in [9.17, 15) is 0 Å². The molecule has 0 aliphatic heterocycles. The van der Waals surface area contributed by atoms with Crippen LogP contribution in [-0.4, -0.2) is 60.1 Å². The predicted molar refractivity (Wildman–Crippen MR) is 127 cm³/mol. The first kappa shape index (κ1) is 22.5. The highest BCUT2D eigenvalue weighted by molar-refractivity contribution is 8.32. The summed E-state index contributed by atoms with van der Waals surface area (Å²) >= 11 is 6.14. The van der Waals surface area contributed by atoms with Gasteiger partial charge >= 0.3 is 0 Å². The first-order chi connectivity index (χ1) is 14.3. The predicted octanol–water partition coefficient (Wildman–Crippen LogP) is 5.08. The molecule has 0 spiro atoms. The van der Waals surface area contributed by atoms with Crippen molar-refractivity contribution in [3.05, 3.63) is 41.6 Å². The second-order valence-electron chi connectivity index (χ2n) is 7.70. The molecule has 0 saturated heterocycles. The van der Waals surface area contributed by atoms with Crippen LogP contribution in [0.1, 0.15) is 5.56 Å². The summed E-state index contributed by atoms with van der Waals surface area (Å²) in [7, 11) is 2.61. The van der Waals surface area contributed by atoms with E-state index in [0.717, 1.165) is 28.0 Å². The number of methoxy groups -OCH3 is 2. The third-order valence-electron chi connectivity index (χ3n) is 4.74. The summed E-state index contributed by atoms with van der Waals surface area (Å²) in [4.78, 5) is 0. The Hall–Kier alpha value is -2.22. The van der Waals surface area contributed by atoms with Crippen LogP contribution in [0.3, 0.4) is 0 Å². The zero-order valence-electron chi connectivity index (χ0n) is 18.1. The largest absolute Gasteiger partial charge is 0.493 e. The Kier molecular flexibility index (Phi) is 6.95. The van der Waals surface area contributed by atoms with Gasteiger partial charge in [-0.25, -0.2) is 10.0 Å². The third kappa shape index (κ3) is 4.74. The van der Waals surface area contributed by atoms with Crippen molar-refractivity contribution in [3.63, 3.8) is 0 Å². The zero-order chi connectivity index (χ0) is 21.9. The van der Waals surface area contributed by atoms with Gasteiger partial charge < -0.3 is 14.2 Å². The van der Waals surface area contributed by atoms with Crippen LogP contribution < -0.4 is 9.47 Å². The minimum absolute atomic E-state index is 0.332. The second-order valence-corrected chi connectivity index (χ2v) is 12.7. The Morgan fingerprint density at radius 3 is 2.47 bits per heavy atom. The van der Waals surface area contributed by atoms with E-state index in [1.165, 1.54) is 0 Å². The van der Waals surface area contributed by atoms with E-state index in [-0.39, 0.29) is 0 Å². The van der Waals surface area contributed by atoms with Gasteiger partial charge in [-0.15, -0.1) is 10.2 Å². The van der Waals surface area contributed by atoms with Gasteiger partial charge in [-0.05, 0) is 43.0 Å². The summed E-state index contributed by atoms with van der Waals surface area (Å²) in [6.07, 6.45) is 8.64. The van der Waals surface area contributed by atoms with Crippen molar-refractivity contribution in [2.24, 2.45) is 0 Å². The molecule has 3 rings (SSSR count). The fourth-order valence-electron chi connectivity index (χ4n) is 3.23.